The van der Waals surface area contributed by atoms with Crippen molar-refractivity contribution in [2.24, 2.45) is 0 Å². The number of ether oxygens (including phenoxy) is 3. The second-order valence-corrected chi connectivity index (χ2v) is 3.97. The van der Waals surface area contributed by atoms with Gasteiger partial charge in [-0.3, -0.25) is 0 Å². The Kier molecular flexibility index (Phi) is 7.64. The lowest BCUT2D eigenvalue weighted by atomic mass is 10.5. The Morgan fingerprint density at radius 2 is 1.61 bits per heavy atom. The second kappa shape index (κ2) is 9.08. The van der Waals surface area contributed by atoms with E-state index in [2.05, 4.69) is 4.57 Å². The van der Waals surface area contributed by atoms with Gasteiger partial charge in [0.05, 0.1) is 33.4 Å². The molecule has 0 saturated carbocycles. The number of nitrogens with zero attached hydrogens (tertiary/aromatic N) is 1. The van der Waals surface area contributed by atoms with Crippen molar-refractivity contribution in [3.05, 3.63) is 17.8 Å². The van der Waals surface area contributed by atoms with Crippen LogP contribution in [-0.2, 0) is 20.8 Å². The Morgan fingerprint density at radius 1 is 1.00 bits per heavy atom. The minimum Gasteiger partial charge on any atom is -0.410 e. The summed E-state index contributed by atoms with van der Waals surface area (Å²) in [6, 6.07) is 0. The SMILES string of the molecule is CCOCCOCCOCC[n+]1c(C)coc1C. The molecule has 1 aromatic rings. The summed E-state index contributed by atoms with van der Waals surface area (Å²) in [6.45, 7) is 10.7. The molecule has 0 saturated heterocycles. The third-order valence-corrected chi connectivity index (χ3v) is 2.61. The molecule has 0 fully saturated rings. The Hall–Kier alpha value is -0.910. The predicted octanol–water partition coefficient (Wildman–Crippen LogP) is 1.25. The van der Waals surface area contributed by atoms with Crippen molar-refractivity contribution < 1.29 is 23.2 Å². The molecule has 18 heavy (non-hydrogen) atoms. The predicted molar refractivity (Wildman–Crippen MR) is 66.5 cm³/mol. The number of hydrogen-bond donors (Lipinski definition) is 0. The van der Waals surface area contributed by atoms with Gasteiger partial charge >= 0.3 is 5.89 Å². The first kappa shape index (κ1) is 15.1. The van der Waals surface area contributed by atoms with E-state index in [1.54, 1.807) is 6.26 Å². The first-order chi connectivity index (χ1) is 8.75. The molecule has 0 unspecified atom stereocenters. The van der Waals surface area contributed by atoms with Crippen LogP contribution in [0, 0.1) is 13.8 Å². The van der Waals surface area contributed by atoms with E-state index in [0.29, 0.717) is 33.0 Å². The van der Waals surface area contributed by atoms with E-state index < -0.39 is 0 Å². The quantitative estimate of drug-likeness (QED) is 0.468. The molecule has 0 aliphatic carbocycles. The average Bonchev–Trinajstić information content (AvgIpc) is 2.68. The summed E-state index contributed by atoms with van der Waals surface area (Å²) >= 11 is 0. The van der Waals surface area contributed by atoms with Crippen LogP contribution in [-0.4, -0.2) is 39.6 Å². The highest BCUT2D eigenvalue weighted by Gasteiger charge is 2.13. The molecule has 0 aromatic carbocycles. The van der Waals surface area contributed by atoms with Crippen molar-refractivity contribution >= 4 is 0 Å². The summed E-state index contributed by atoms with van der Waals surface area (Å²) < 4.78 is 23.4. The number of aromatic nitrogens is 1. The lowest BCUT2D eigenvalue weighted by Crippen LogP contribution is -2.39. The largest absolute Gasteiger partial charge is 0.410 e. The van der Waals surface area contributed by atoms with Crippen LogP contribution in [0.15, 0.2) is 10.7 Å². The first-order valence-electron chi connectivity index (χ1n) is 6.43. The van der Waals surface area contributed by atoms with E-state index in [1.807, 2.05) is 20.8 Å². The van der Waals surface area contributed by atoms with Gasteiger partial charge in [-0.25, -0.2) is 0 Å². The molecule has 1 heterocycles. The molecule has 5 nitrogen and oxygen atoms in total. The second-order valence-electron chi connectivity index (χ2n) is 3.97. The van der Waals surface area contributed by atoms with Gasteiger partial charge in [-0.1, -0.05) is 0 Å². The number of aryl methyl sites for hydroxylation is 2. The smallest absolute Gasteiger partial charge is 0.343 e. The molecule has 5 heteroatoms. The molecule has 1 aromatic heterocycles. The molecule has 0 bridgehead atoms. The van der Waals surface area contributed by atoms with Crippen LogP contribution in [0.4, 0.5) is 0 Å². The van der Waals surface area contributed by atoms with Crippen molar-refractivity contribution in [1.82, 2.24) is 0 Å². The standard InChI is InChI=1S/C13H24NO4/c1-4-15-7-8-17-10-9-16-6-5-14-12(2)11-18-13(14)3/h11H,4-10H2,1-3H3/q+1. The van der Waals surface area contributed by atoms with Crippen molar-refractivity contribution in [3.8, 4) is 0 Å². The van der Waals surface area contributed by atoms with Gasteiger partial charge in [-0.15, -0.1) is 0 Å². The molecule has 0 aliphatic rings. The summed E-state index contributed by atoms with van der Waals surface area (Å²) in [4.78, 5) is 0. The molecule has 0 radical (unpaired) electrons. The zero-order valence-electron chi connectivity index (χ0n) is 11.6. The lowest BCUT2D eigenvalue weighted by molar-refractivity contribution is -0.712. The normalized spacial score (nSPS) is 11.1. The third-order valence-electron chi connectivity index (χ3n) is 2.61. The van der Waals surface area contributed by atoms with E-state index in [4.69, 9.17) is 18.6 Å². The summed E-state index contributed by atoms with van der Waals surface area (Å²) in [5, 5.41) is 0. The van der Waals surface area contributed by atoms with Crippen LogP contribution >= 0.6 is 0 Å². The Morgan fingerprint density at radius 3 is 2.17 bits per heavy atom. The van der Waals surface area contributed by atoms with Crippen LogP contribution in [0.2, 0.25) is 0 Å². The van der Waals surface area contributed by atoms with Crippen molar-refractivity contribution in [3.63, 3.8) is 0 Å². The van der Waals surface area contributed by atoms with Crippen molar-refractivity contribution in [2.45, 2.75) is 27.3 Å². The van der Waals surface area contributed by atoms with Gasteiger partial charge < -0.3 is 18.6 Å². The fourth-order valence-electron chi connectivity index (χ4n) is 1.62. The van der Waals surface area contributed by atoms with Gasteiger partial charge in [-0.05, 0) is 6.92 Å². The van der Waals surface area contributed by atoms with E-state index in [0.717, 1.165) is 24.7 Å². The molecule has 0 amide bonds. The minimum atomic E-state index is 0.612. The molecule has 0 atom stereocenters. The Bertz CT molecular complexity index is 305. The average molecular weight is 258 g/mol. The van der Waals surface area contributed by atoms with E-state index >= 15 is 0 Å². The zero-order valence-corrected chi connectivity index (χ0v) is 11.6. The van der Waals surface area contributed by atoms with Gasteiger partial charge in [0, 0.05) is 13.5 Å². The summed E-state index contributed by atoms with van der Waals surface area (Å²) in [5.41, 5.74) is 1.11. The highest BCUT2D eigenvalue weighted by molar-refractivity contribution is 4.79. The van der Waals surface area contributed by atoms with Crippen LogP contribution in [0.25, 0.3) is 0 Å². The zero-order chi connectivity index (χ0) is 13.2. The first-order valence-corrected chi connectivity index (χ1v) is 6.43. The summed E-state index contributed by atoms with van der Waals surface area (Å²) in [7, 11) is 0. The number of hydrogen-bond acceptors (Lipinski definition) is 4. The topological polar surface area (TPSA) is 44.7 Å². The fraction of sp³-hybridized carbons (Fsp3) is 0.769. The monoisotopic (exact) mass is 258 g/mol. The third kappa shape index (κ3) is 5.62. The van der Waals surface area contributed by atoms with Crippen LogP contribution < -0.4 is 4.57 Å². The van der Waals surface area contributed by atoms with Crippen LogP contribution in [0.5, 0.6) is 0 Å². The minimum absolute atomic E-state index is 0.612. The molecule has 0 aliphatic heterocycles. The Labute approximate surface area is 109 Å². The molecule has 0 N–H and O–H groups in total. The summed E-state index contributed by atoms with van der Waals surface area (Å²) in [5.74, 6) is 0.907. The molecular weight excluding hydrogens is 234 g/mol. The maximum absolute atomic E-state index is 5.50. The van der Waals surface area contributed by atoms with E-state index in [-0.39, 0.29) is 0 Å². The van der Waals surface area contributed by atoms with Gasteiger partial charge in [0.1, 0.15) is 6.61 Å². The van der Waals surface area contributed by atoms with Gasteiger partial charge in [0.2, 0.25) is 5.69 Å². The van der Waals surface area contributed by atoms with E-state index in [1.165, 1.54) is 0 Å². The maximum atomic E-state index is 5.50. The highest BCUT2D eigenvalue weighted by atomic mass is 16.5. The summed E-state index contributed by atoms with van der Waals surface area (Å²) in [6.07, 6.45) is 1.76. The number of rotatable bonds is 10. The number of oxazole rings is 1. The Balaban J connectivity index is 1.96. The highest BCUT2D eigenvalue weighted by Crippen LogP contribution is 1.95. The maximum Gasteiger partial charge on any atom is 0.343 e. The van der Waals surface area contributed by atoms with E-state index in [9.17, 15) is 0 Å². The van der Waals surface area contributed by atoms with Gasteiger partial charge in [0.15, 0.2) is 12.8 Å². The lowest BCUT2D eigenvalue weighted by Gasteiger charge is -2.04. The van der Waals surface area contributed by atoms with Crippen molar-refractivity contribution in [1.29, 1.82) is 0 Å². The van der Waals surface area contributed by atoms with Crippen molar-refractivity contribution in [2.75, 3.05) is 39.6 Å². The fourth-order valence-corrected chi connectivity index (χ4v) is 1.62. The van der Waals surface area contributed by atoms with Gasteiger partial charge in [-0.2, -0.15) is 4.57 Å². The molecule has 0 spiro atoms. The molecular formula is C13H24NO4+. The van der Waals surface area contributed by atoms with Crippen LogP contribution in [0.1, 0.15) is 18.5 Å². The van der Waals surface area contributed by atoms with Gasteiger partial charge in [0.25, 0.3) is 0 Å². The van der Waals surface area contributed by atoms with Crippen LogP contribution in [0.3, 0.4) is 0 Å². The molecule has 104 valence electrons. The molecule has 1 rings (SSSR count).